The highest BCUT2D eigenvalue weighted by Gasteiger charge is 2.35. The molecule has 24 heavy (non-hydrogen) atoms. The summed E-state index contributed by atoms with van der Waals surface area (Å²) in [5.74, 6) is -1.37. The standard InChI is InChI=1S/C18H15NO5/c1-24-14-7-3-6-13(8-14)18(23)19-15(20)9-11-4-2-5-12(17(11)19)10-16(21)22/h2-8H,9-10H2,1H3,(H,21,22). The number of nitrogens with zero attached hydrogens (tertiary/aromatic N) is 1. The molecule has 1 aliphatic heterocycles. The van der Waals surface area contributed by atoms with Crippen LogP contribution in [0.3, 0.4) is 0 Å². The van der Waals surface area contributed by atoms with E-state index in [4.69, 9.17) is 9.84 Å². The highest BCUT2D eigenvalue weighted by Crippen LogP contribution is 2.34. The Morgan fingerprint density at radius 3 is 2.67 bits per heavy atom. The van der Waals surface area contributed by atoms with Gasteiger partial charge >= 0.3 is 5.97 Å². The van der Waals surface area contributed by atoms with Gasteiger partial charge in [0.15, 0.2) is 0 Å². The summed E-state index contributed by atoms with van der Waals surface area (Å²) in [6.07, 6.45) is -0.170. The Morgan fingerprint density at radius 1 is 1.21 bits per heavy atom. The molecule has 0 fully saturated rings. The monoisotopic (exact) mass is 325 g/mol. The molecule has 3 rings (SSSR count). The SMILES string of the molecule is COc1cccc(C(=O)N2C(=O)Cc3cccc(CC(=O)O)c32)c1. The molecule has 0 bridgehead atoms. The van der Waals surface area contributed by atoms with E-state index < -0.39 is 11.9 Å². The summed E-state index contributed by atoms with van der Waals surface area (Å²) in [5, 5.41) is 9.07. The van der Waals surface area contributed by atoms with E-state index in [1.165, 1.54) is 7.11 Å². The first-order valence-electron chi connectivity index (χ1n) is 7.35. The lowest BCUT2D eigenvalue weighted by atomic mass is 10.0. The maximum atomic E-state index is 12.8. The molecule has 122 valence electrons. The van der Waals surface area contributed by atoms with Gasteiger partial charge in [-0.15, -0.1) is 0 Å². The summed E-state index contributed by atoms with van der Waals surface area (Å²) in [5.41, 5.74) is 1.80. The molecule has 1 aliphatic rings. The first-order chi connectivity index (χ1) is 11.5. The molecule has 6 heteroatoms. The number of hydrogen-bond donors (Lipinski definition) is 1. The molecular weight excluding hydrogens is 310 g/mol. The van der Waals surface area contributed by atoms with Crippen LogP contribution in [-0.2, 0) is 22.4 Å². The Kier molecular flexibility index (Phi) is 4.04. The van der Waals surface area contributed by atoms with Crippen LogP contribution in [0.25, 0.3) is 0 Å². The van der Waals surface area contributed by atoms with Crippen LogP contribution >= 0.6 is 0 Å². The topological polar surface area (TPSA) is 83.9 Å². The number of amides is 2. The van der Waals surface area contributed by atoms with Crippen LogP contribution in [-0.4, -0.2) is 30.0 Å². The number of carbonyl (C=O) groups excluding carboxylic acids is 2. The fraction of sp³-hybridized carbons (Fsp3) is 0.167. The summed E-state index contributed by atoms with van der Waals surface area (Å²) in [6, 6.07) is 11.6. The van der Waals surface area contributed by atoms with Gasteiger partial charge in [-0.1, -0.05) is 24.3 Å². The Bertz CT molecular complexity index is 843. The molecule has 2 aromatic rings. The summed E-state index contributed by atoms with van der Waals surface area (Å²) in [7, 11) is 1.49. The van der Waals surface area contributed by atoms with Crippen molar-refractivity contribution >= 4 is 23.5 Å². The molecule has 0 aliphatic carbocycles. The maximum absolute atomic E-state index is 12.8. The van der Waals surface area contributed by atoms with Crippen molar-refractivity contribution in [1.29, 1.82) is 0 Å². The third-order valence-corrected chi connectivity index (χ3v) is 3.88. The van der Waals surface area contributed by atoms with Gasteiger partial charge in [0.25, 0.3) is 5.91 Å². The number of benzene rings is 2. The van der Waals surface area contributed by atoms with Crippen molar-refractivity contribution in [3.63, 3.8) is 0 Å². The van der Waals surface area contributed by atoms with Gasteiger partial charge in [0.2, 0.25) is 5.91 Å². The number of aliphatic carboxylic acids is 1. The Morgan fingerprint density at radius 2 is 1.96 bits per heavy atom. The average Bonchev–Trinajstić information content (AvgIpc) is 2.90. The highest BCUT2D eigenvalue weighted by atomic mass is 16.5. The lowest BCUT2D eigenvalue weighted by molar-refractivity contribution is -0.136. The number of methoxy groups -OCH3 is 1. The molecule has 6 nitrogen and oxygen atoms in total. The number of hydrogen-bond acceptors (Lipinski definition) is 4. The second-order valence-electron chi connectivity index (χ2n) is 5.44. The molecule has 2 aromatic carbocycles. The maximum Gasteiger partial charge on any atom is 0.307 e. The van der Waals surface area contributed by atoms with Gasteiger partial charge in [-0.05, 0) is 29.3 Å². The second-order valence-corrected chi connectivity index (χ2v) is 5.44. The van der Waals surface area contributed by atoms with Crippen LogP contribution < -0.4 is 9.64 Å². The lowest BCUT2D eigenvalue weighted by Crippen LogP contribution is -2.34. The molecule has 0 spiro atoms. The van der Waals surface area contributed by atoms with E-state index in [-0.39, 0.29) is 18.7 Å². The molecule has 1 N–H and O–H groups in total. The zero-order valence-electron chi connectivity index (χ0n) is 13.0. The Hall–Kier alpha value is -3.15. The minimum absolute atomic E-state index is 0.0818. The normalized spacial score (nSPS) is 12.9. The molecule has 2 amide bonds. The number of carbonyl (C=O) groups is 3. The Labute approximate surface area is 138 Å². The van der Waals surface area contributed by atoms with Crippen LogP contribution in [0.1, 0.15) is 21.5 Å². The Balaban J connectivity index is 2.05. The van der Waals surface area contributed by atoms with Gasteiger partial charge in [-0.3, -0.25) is 14.4 Å². The van der Waals surface area contributed by atoms with Crippen molar-refractivity contribution in [2.75, 3.05) is 12.0 Å². The predicted octanol–water partition coefficient (Wildman–Crippen LogP) is 2.05. The van der Waals surface area contributed by atoms with Gasteiger partial charge in [0.05, 0.1) is 25.6 Å². The predicted molar refractivity (Wildman–Crippen MR) is 86.3 cm³/mol. The third kappa shape index (κ3) is 2.74. The van der Waals surface area contributed by atoms with Gasteiger partial charge < -0.3 is 9.84 Å². The minimum atomic E-state index is -1.02. The summed E-state index contributed by atoms with van der Waals surface area (Å²) >= 11 is 0. The number of rotatable bonds is 4. The van der Waals surface area contributed by atoms with E-state index in [0.29, 0.717) is 28.1 Å². The van der Waals surface area contributed by atoms with E-state index in [9.17, 15) is 14.4 Å². The second kappa shape index (κ2) is 6.16. The fourth-order valence-electron chi connectivity index (χ4n) is 2.85. The van der Waals surface area contributed by atoms with Crippen LogP contribution in [0.4, 0.5) is 5.69 Å². The van der Waals surface area contributed by atoms with Crippen molar-refractivity contribution in [1.82, 2.24) is 0 Å². The zero-order chi connectivity index (χ0) is 17.3. The lowest BCUT2D eigenvalue weighted by Gasteiger charge is -2.18. The number of anilines is 1. The number of ether oxygens (including phenoxy) is 1. The van der Waals surface area contributed by atoms with Gasteiger partial charge in [-0.2, -0.15) is 0 Å². The number of fused-ring (bicyclic) bond motifs is 1. The van der Waals surface area contributed by atoms with Crippen molar-refractivity contribution < 1.29 is 24.2 Å². The first-order valence-corrected chi connectivity index (χ1v) is 7.35. The third-order valence-electron chi connectivity index (χ3n) is 3.88. The number of carboxylic acids is 1. The molecule has 0 saturated carbocycles. The molecular formula is C18H15NO5. The van der Waals surface area contributed by atoms with Crippen molar-refractivity contribution in [2.45, 2.75) is 12.8 Å². The van der Waals surface area contributed by atoms with Gasteiger partial charge in [0.1, 0.15) is 5.75 Å². The largest absolute Gasteiger partial charge is 0.497 e. The van der Waals surface area contributed by atoms with E-state index in [1.807, 2.05) is 0 Å². The van der Waals surface area contributed by atoms with Gasteiger partial charge in [-0.25, -0.2) is 4.90 Å². The van der Waals surface area contributed by atoms with E-state index >= 15 is 0 Å². The first kappa shape index (κ1) is 15.7. The van der Waals surface area contributed by atoms with E-state index in [0.717, 1.165) is 4.90 Å². The van der Waals surface area contributed by atoms with Gasteiger partial charge in [0, 0.05) is 5.56 Å². The summed E-state index contributed by atoms with van der Waals surface area (Å²) < 4.78 is 5.11. The van der Waals surface area contributed by atoms with Crippen molar-refractivity contribution in [2.24, 2.45) is 0 Å². The number of carboxylic acid groups (broad SMARTS) is 1. The number of para-hydroxylation sites is 1. The number of imide groups is 1. The average molecular weight is 325 g/mol. The van der Waals surface area contributed by atoms with Crippen LogP contribution in [0.15, 0.2) is 42.5 Å². The zero-order valence-corrected chi connectivity index (χ0v) is 13.0. The molecule has 0 saturated heterocycles. The van der Waals surface area contributed by atoms with Crippen molar-refractivity contribution in [3.8, 4) is 5.75 Å². The fourth-order valence-corrected chi connectivity index (χ4v) is 2.85. The molecule has 0 aromatic heterocycles. The quantitative estimate of drug-likeness (QED) is 0.870. The van der Waals surface area contributed by atoms with Crippen LogP contribution in [0.5, 0.6) is 5.75 Å². The smallest absolute Gasteiger partial charge is 0.307 e. The summed E-state index contributed by atoms with van der Waals surface area (Å²) in [6.45, 7) is 0. The van der Waals surface area contributed by atoms with E-state index in [1.54, 1.807) is 42.5 Å². The molecule has 0 radical (unpaired) electrons. The molecule has 0 atom stereocenters. The molecule has 1 heterocycles. The highest BCUT2D eigenvalue weighted by molar-refractivity contribution is 6.25. The minimum Gasteiger partial charge on any atom is -0.497 e. The van der Waals surface area contributed by atoms with Crippen LogP contribution in [0.2, 0.25) is 0 Å². The van der Waals surface area contributed by atoms with Crippen molar-refractivity contribution in [3.05, 3.63) is 59.2 Å². The molecule has 0 unspecified atom stereocenters. The van der Waals surface area contributed by atoms with Crippen LogP contribution in [0, 0.1) is 0 Å². The van der Waals surface area contributed by atoms with E-state index in [2.05, 4.69) is 0 Å². The summed E-state index contributed by atoms with van der Waals surface area (Å²) in [4.78, 5) is 37.3.